The summed E-state index contributed by atoms with van der Waals surface area (Å²) in [6.07, 6.45) is 3.64. The molecule has 0 fully saturated rings. The Kier molecular flexibility index (Phi) is 7.05. The maximum absolute atomic E-state index is 14.0. The molecule has 0 bridgehead atoms. The fourth-order valence-corrected chi connectivity index (χ4v) is 4.58. The number of anilines is 1. The number of methoxy groups -OCH3 is 2. The quantitative estimate of drug-likeness (QED) is 0.201. The van der Waals surface area contributed by atoms with E-state index in [-0.39, 0.29) is 11.5 Å². The molecule has 4 rings (SSSR count). The van der Waals surface area contributed by atoms with Crippen molar-refractivity contribution in [1.82, 2.24) is 4.98 Å². The van der Waals surface area contributed by atoms with Crippen LogP contribution < -0.4 is 14.8 Å². The molecule has 1 atom stereocenters. The Morgan fingerprint density at radius 2 is 1.91 bits per heavy atom. The lowest BCUT2D eigenvalue weighted by Gasteiger charge is -2.22. The van der Waals surface area contributed by atoms with Crippen molar-refractivity contribution in [3.8, 4) is 11.5 Å². The van der Waals surface area contributed by atoms with Gasteiger partial charge >= 0.3 is 0 Å². The number of hydrogen-bond donors (Lipinski definition) is 2. The largest absolute Gasteiger partial charge is 0.497 e. The Labute approximate surface area is 206 Å². The SMILES string of the molecule is COc1cc(NC(C(=O)c2c[nH]c3c(C)c(Cl)ccc23)c2ccc(F)cc2OC)cc(SC)c1. The number of aryl methyl sites for hydroxylation is 1. The Hall–Kier alpha value is -3.16. The second-order valence-corrected chi connectivity index (χ2v) is 9.01. The number of nitrogens with one attached hydrogen (secondary N) is 2. The third-order valence-corrected chi connectivity index (χ3v) is 6.86. The van der Waals surface area contributed by atoms with Crippen molar-refractivity contribution >= 4 is 45.7 Å². The van der Waals surface area contributed by atoms with E-state index >= 15 is 0 Å². The Morgan fingerprint density at radius 3 is 2.62 bits per heavy atom. The van der Waals surface area contributed by atoms with Crippen LogP contribution in [0.15, 0.2) is 59.6 Å². The number of aromatic nitrogens is 1. The molecule has 0 saturated heterocycles. The van der Waals surface area contributed by atoms with E-state index in [4.69, 9.17) is 21.1 Å². The first-order chi connectivity index (χ1) is 16.4. The molecule has 0 radical (unpaired) electrons. The second kappa shape index (κ2) is 9.99. The predicted octanol–water partition coefficient (Wildman–Crippen LogP) is 7.04. The molecule has 1 aromatic heterocycles. The molecule has 176 valence electrons. The van der Waals surface area contributed by atoms with Gasteiger partial charge in [0.15, 0.2) is 5.78 Å². The maximum atomic E-state index is 14.0. The van der Waals surface area contributed by atoms with Crippen molar-refractivity contribution in [3.63, 3.8) is 0 Å². The number of carbonyl (C=O) groups is 1. The summed E-state index contributed by atoms with van der Waals surface area (Å²) in [5.41, 5.74) is 3.35. The van der Waals surface area contributed by atoms with E-state index in [1.54, 1.807) is 37.2 Å². The second-order valence-electron chi connectivity index (χ2n) is 7.73. The van der Waals surface area contributed by atoms with Gasteiger partial charge in [-0.05, 0) is 49.1 Å². The van der Waals surface area contributed by atoms with Crippen LogP contribution in [0, 0.1) is 12.7 Å². The van der Waals surface area contributed by atoms with Crippen molar-refractivity contribution in [1.29, 1.82) is 0 Å². The molecule has 0 aliphatic heterocycles. The number of H-pyrrole nitrogens is 1. The summed E-state index contributed by atoms with van der Waals surface area (Å²) in [5, 5.41) is 4.71. The zero-order valence-corrected chi connectivity index (χ0v) is 20.7. The van der Waals surface area contributed by atoms with E-state index in [0.717, 1.165) is 21.4 Å². The normalized spacial score (nSPS) is 11.9. The molecular formula is C26H24ClFN2O3S. The lowest BCUT2D eigenvalue weighted by Crippen LogP contribution is -2.22. The van der Waals surface area contributed by atoms with E-state index in [1.165, 1.54) is 19.2 Å². The fraction of sp³-hybridized carbons (Fsp3) is 0.192. The molecule has 0 saturated carbocycles. The fourth-order valence-electron chi connectivity index (χ4n) is 3.94. The molecule has 1 heterocycles. The van der Waals surface area contributed by atoms with Crippen LogP contribution in [0.2, 0.25) is 5.02 Å². The Balaban J connectivity index is 1.85. The van der Waals surface area contributed by atoms with Gasteiger partial charge in [0, 0.05) is 50.4 Å². The molecule has 0 amide bonds. The van der Waals surface area contributed by atoms with Crippen LogP contribution in [-0.4, -0.2) is 31.2 Å². The van der Waals surface area contributed by atoms with Crippen molar-refractivity contribution < 1.29 is 18.7 Å². The summed E-state index contributed by atoms with van der Waals surface area (Å²) in [6, 6.07) is 12.6. The van der Waals surface area contributed by atoms with E-state index in [2.05, 4.69) is 10.3 Å². The molecule has 34 heavy (non-hydrogen) atoms. The lowest BCUT2D eigenvalue weighted by atomic mass is 9.95. The van der Waals surface area contributed by atoms with E-state index < -0.39 is 11.9 Å². The Morgan fingerprint density at radius 1 is 1.12 bits per heavy atom. The number of benzene rings is 3. The highest BCUT2D eigenvalue weighted by Gasteiger charge is 2.28. The smallest absolute Gasteiger partial charge is 0.191 e. The first kappa shape index (κ1) is 24.0. The number of rotatable bonds is 8. The van der Waals surface area contributed by atoms with Gasteiger partial charge in [-0.25, -0.2) is 4.39 Å². The average molecular weight is 499 g/mol. The summed E-state index contributed by atoms with van der Waals surface area (Å²) in [6.45, 7) is 1.90. The molecule has 5 nitrogen and oxygen atoms in total. The third-order valence-electron chi connectivity index (χ3n) is 5.75. The van der Waals surface area contributed by atoms with E-state index in [9.17, 15) is 9.18 Å². The maximum Gasteiger partial charge on any atom is 0.191 e. The zero-order chi connectivity index (χ0) is 24.4. The summed E-state index contributed by atoms with van der Waals surface area (Å²) < 4.78 is 24.8. The molecule has 1 unspecified atom stereocenters. The topological polar surface area (TPSA) is 63.3 Å². The van der Waals surface area contributed by atoms with Crippen LogP contribution in [-0.2, 0) is 0 Å². The van der Waals surface area contributed by atoms with Crippen LogP contribution in [0.5, 0.6) is 11.5 Å². The van der Waals surface area contributed by atoms with Crippen LogP contribution in [0.3, 0.4) is 0 Å². The minimum atomic E-state index is -0.854. The number of carbonyl (C=O) groups excluding carboxylic acids is 1. The van der Waals surface area contributed by atoms with Crippen molar-refractivity contribution in [3.05, 3.63) is 82.3 Å². The third kappa shape index (κ3) is 4.58. The molecular weight excluding hydrogens is 475 g/mol. The average Bonchev–Trinajstić information content (AvgIpc) is 3.29. The highest BCUT2D eigenvalue weighted by molar-refractivity contribution is 7.98. The number of thioether (sulfide) groups is 1. The standard InChI is InChI=1S/C26H24ClFN2O3S/c1-14-22(27)8-7-19-21(13-29-24(14)19)26(31)25(20-6-5-15(28)9-23(20)33-3)30-16-10-17(32-2)12-18(11-16)34-4/h5-13,25,29-30H,1-4H3. The van der Waals surface area contributed by atoms with Crippen molar-refractivity contribution in [2.45, 2.75) is 17.9 Å². The van der Waals surface area contributed by atoms with Gasteiger partial charge < -0.3 is 19.8 Å². The first-order valence-corrected chi connectivity index (χ1v) is 12.1. The van der Waals surface area contributed by atoms with Gasteiger partial charge in [0.25, 0.3) is 0 Å². The van der Waals surface area contributed by atoms with Crippen molar-refractivity contribution in [2.75, 3.05) is 25.8 Å². The van der Waals surface area contributed by atoms with Gasteiger partial charge in [0.1, 0.15) is 23.4 Å². The minimum absolute atomic E-state index is 0.202. The number of Topliss-reactive ketones (excluding diaryl/α,β-unsaturated/α-hetero) is 1. The van der Waals surface area contributed by atoms with Crippen LogP contribution in [0.1, 0.15) is 27.5 Å². The van der Waals surface area contributed by atoms with E-state index in [1.807, 2.05) is 37.4 Å². The molecule has 0 spiro atoms. The molecule has 2 N–H and O–H groups in total. The summed E-state index contributed by atoms with van der Waals surface area (Å²) in [5.74, 6) is 0.281. The van der Waals surface area contributed by atoms with Gasteiger partial charge in [-0.15, -0.1) is 11.8 Å². The molecule has 0 aliphatic rings. The highest BCUT2D eigenvalue weighted by Crippen LogP contribution is 2.36. The van der Waals surface area contributed by atoms with Crippen molar-refractivity contribution in [2.24, 2.45) is 0 Å². The number of halogens is 2. The van der Waals surface area contributed by atoms with Gasteiger partial charge in [-0.3, -0.25) is 4.79 Å². The van der Waals surface area contributed by atoms with Gasteiger partial charge in [-0.1, -0.05) is 17.7 Å². The predicted molar refractivity (Wildman–Crippen MR) is 136 cm³/mol. The lowest BCUT2D eigenvalue weighted by molar-refractivity contribution is 0.0970. The van der Waals surface area contributed by atoms with Gasteiger partial charge in [0.2, 0.25) is 0 Å². The number of ether oxygens (including phenoxy) is 2. The molecule has 8 heteroatoms. The van der Waals surface area contributed by atoms with Gasteiger partial charge in [-0.2, -0.15) is 0 Å². The van der Waals surface area contributed by atoms with Crippen LogP contribution >= 0.6 is 23.4 Å². The Bertz CT molecular complexity index is 1350. The molecule has 3 aromatic carbocycles. The minimum Gasteiger partial charge on any atom is -0.497 e. The van der Waals surface area contributed by atoms with Crippen LogP contribution in [0.4, 0.5) is 10.1 Å². The zero-order valence-electron chi connectivity index (χ0n) is 19.2. The molecule has 0 aliphatic carbocycles. The van der Waals surface area contributed by atoms with E-state index in [0.29, 0.717) is 27.6 Å². The number of fused-ring (bicyclic) bond motifs is 1. The first-order valence-electron chi connectivity index (χ1n) is 10.5. The summed E-state index contributed by atoms with van der Waals surface area (Å²) in [7, 11) is 3.04. The highest BCUT2D eigenvalue weighted by atomic mass is 35.5. The van der Waals surface area contributed by atoms with Gasteiger partial charge in [0.05, 0.1) is 19.7 Å². The van der Waals surface area contributed by atoms with Crippen LogP contribution in [0.25, 0.3) is 10.9 Å². The monoisotopic (exact) mass is 498 g/mol. The number of ketones is 1. The summed E-state index contributed by atoms with van der Waals surface area (Å²) >= 11 is 7.83. The molecule has 4 aromatic rings. The number of hydrogen-bond acceptors (Lipinski definition) is 5. The number of aromatic amines is 1. The summed E-state index contributed by atoms with van der Waals surface area (Å²) in [4.78, 5) is 18.1.